The molecule has 0 radical (unpaired) electrons. The van der Waals surface area contributed by atoms with Crippen molar-refractivity contribution >= 4 is 11.6 Å². The molecule has 1 aromatic carbocycles. The first kappa shape index (κ1) is 11.9. The van der Waals surface area contributed by atoms with E-state index in [2.05, 4.69) is 23.5 Å². The Bertz CT molecular complexity index is 365. The average Bonchev–Trinajstić information content (AvgIpc) is 3.05. The lowest BCUT2D eigenvalue weighted by atomic mass is 10.0. The smallest absolute Gasteiger partial charge is 0.0411 e. The minimum atomic E-state index is 0.650. The summed E-state index contributed by atoms with van der Waals surface area (Å²) >= 11 is 6.14. The van der Waals surface area contributed by atoms with Crippen LogP contribution in [0.25, 0.3) is 0 Å². The number of benzene rings is 1. The van der Waals surface area contributed by atoms with E-state index >= 15 is 0 Å². The highest BCUT2D eigenvalue weighted by Gasteiger charge is 2.37. The van der Waals surface area contributed by atoms with Crippen LogP contribution in [0.15, 0.2) is 18.2 Å². The van der Waals surface area contributed by atoms with E-state index in [-0.39, 0.29) is 0 Å². The van der Waals surface area contributed by atoms with Gasteiger partial charge < -0.3 is 11.1 Å². The van der Waals surface area contributed by atoms with Gasteiger partial charge in [0.1, 0.15) is 0 Å². The number of halogens is 1. The van der Waals surface area contributed by atoms with Crippen molar-refractivity contribution in [2.45, 2.75) is 18.8 Å². The third-order valence-electron chi connectivity index (χ3n) is 3.30. The summed E-state index contributed by atoms with van der Waals surface area (Å²) in [7, 11) is 1.97. The Hall–Kier alpha value is -0.570. The number of hydrogen-bond donors (Lipinski definition) is 2. The van der Waals surface area contributed by atoms with Gasteiger partial charge in [0.25, 0.3) is 0 Å². The zero-order valence-corrected chi connectivity index (χ0v) is 10.4. The van der Waals surface area contributed by atoms with Crippen LogP contribution in [0.4, 0.5) is 0 Å². The highest BCUT2D eigenvalue weighted by Crippen LogP contribution is 2.47. The van der Waals surface area contributed by atoms with Gasteiger partial charge in [0.05, 0.1) is 0 Å². The second kappa shape index (κ2) is 5.17. The van der Waals surface area contributed by atoms with Crippen molar-refractivity contribution in [1.29, 1.82) is 0 Å². The lowest BCUT2D eigenvalue weighted by Crippen LogP contribution is -2.10. The lowest BCUT2D eigenvalue weighted by molar-refractivity contribution is 0.786. The molecular formula is C13H19ClN2. The first-order valence-electron chi connectivity index (χ1n) is 5.88. The van der Waals surface area contributed by atoms with Crippen molar-refractivity contribution < 1.29 is 0 Å². The summed E-state index contributed by atoms with van der Waals surface area (Å²) < 4.78 is 0. The molecule has 1 aromatic rings. The maximum absolute atomic E-state index is 6.14. The van der Waals surface area contributed by atoms with Crippen molar-refractivity contribution in [2.75, 3.05) is 20.1 Å². The number of hydrogen-bond acceptors (Lipinski definition) is 2. The van der Waals surface area contributed by atoms with E-state index in [9.17, 15) is 0 Å². The van der Waals surface area contributed by atoms with Crippen LogP contribution in [0.2, 0.25) is 5.02 Å². The summed E-state index contributed by atoms with van der Waals surface area (Å²) in [4.78, 5) is 0. The Morgan fingerprint density at radius 1 is 1.44 bits per heavy atom. The Labute approximate surface area is 102 Å². The molecule has 0 saturated heterocycles. The zero-order chi connectivity index (χ0) is 11.5. The van der Waals surface area contributed by atoms with Crippen molar-refractivity contribution in [2.24, 2.45) is 11.7 Å². The van der Waals surface area contributed by atoms with Gasteiger partial charge in [0.2, 0.25) is 0 Å². The predicted molar refractivity (Wildman–Crippen MR) is 69.0 cm³/mol. The summed E-state index contributed by atoms with van der Waals surface area (Å²) in [6.07, 6.45) is 2.26. The van der Waals surface area contributed by atoms with Gasteiger partial charge in [-0.05, 0) is 68.1 Å². The molecule has 1 aliphatic rings. The SMILES string of the molecule is CNCCc1cc(Cl)cc(C2CC2CN)c1. The molecule has 2 atom stereocenters. The Kier molecular flexibility index (Phi) is 3.85. The van der Waals surface area contributed by atoms with Gasteiger partial charge in [-0.2, -0.15) is 0 Å². The van der Waals surface area contributed by atoms with Crippen LogP contribution in [0, 0.1) is 5.92 Å². The van der Waals surface area contributed by atoms with Crippen molar-refractivity contribution in [3.8, 4) is 0 Å². The molecule has 0 aliphatic heterocycles. The minimum Gasteiger partial charge on any atom is -0.330 e. The highest BCUT2D eigenvalue weighted by molar-refractivity contribution is 6.30. The molecule has 1 aliphatic carbocycles. The van der Waals surface area contributed by atoms with Gasteiger partial charge in [0.15, 0.2) is 0 Å². The van der Waals surface area contributed by atoms with Crippen LogP contribution in [0.1, 0.15) is 23.5 Å². The Morgan fingerprint density at radius 3 is 2.88 bits per heavy atom. The van der Waals surface area contributed by atoms with Gasteiger partial charge in [-0.25, -0.2) is 0 Å². The largest absolute Gasteiger partial charge is 0.330 e. The molecule has 2 nitrogen and oxygen atoms in total. The third-order valence-corrected chi connectivity index (χ3v) is 3.52. The molecule has 3 heteroatoms. The van der Waals surface area contributed by atoms with Crippen molar-refractivity contribution in [1.82, 2.24) is 5.32 Å². The van der Waals surface area contributed by atoms with E-state index < -0.39 is 0 Å². The van der Waals surface area contributed by atoms with Crippen LogP contribution in [-0.2, 0) is 6.42 Å². The predicted octanol–water partition coefficient (Wildman–Crippen LogP) is 2.16. The zero-order valence-electron chi connectivity index (χ0n) is 9.67. The first-order chi connectivity index (χ1) is 7.74. The maximum Gasteiger partial charge on any atom is 0.0411 e. The molecule has 3 N–H and O–H groups in total. The third kappa shape index (κ3) is 2.76. The summed E-state index contributed by atoms with van der Waals surface area (Å²) in [6, 6.07) is 6.43. The standard InChI is InChI=1S/C13H19ClN2/c1-16-3-2-9-4-10(6-12(14)5-9)13-7-11(13)8-15/h4-6,11,13,16H,2-3,7-8,15H2,1H3. The van der Waals surface area contributed by atoms with E-state index in [0.717, 1.165) is 24.5 Å². The first-order valence-corrected chi connectivity index (χ1v) is 6.26. The highest BCUT2D eigenvalue weighted by atomic mass is 35.5. The molecule has 1 fully saturated rings. The quantitative estimate of drug-likeness (QED) is 0.825. The summed E-state index contributed by atoms with van der Waals surface area (Å²) in [5.41, 5.74) is 8.36. The second-order valence-corrected chi connectivity index (χ2v) is 5.02. The van der Waals surface area contributed by atoms with Crippen LogP contribution >= 0.6 is 11.6 Å². The fourth-order valence-corrected chi connectivity index (χ4v) is 2.49. The summed E-state index contributed by atoms with van der Waals surface area (Å²) in [5.74, 6) is 1.33. The lowest BCUT2D eigenvalue weighted by Gasteiger charge is -2.06. The molecule has 0 bridgehead atoms. The average molecular weight is 239 g/mol. The second-order valence-electron chi connectivity index (χ2n) is 4.58. The molecule has 2 rings (SSSR count). The van der Waals surface area contributed by atoms with E-state index in [1.54, 1.807) is 0 Å². The molecular weight excluding hydrogens is 220 g/mol. The van der Waals surface area contributed by atoms with E-state index in [1.165, 1.54) is 17.5 Å². The number of rotatable bonds is 5. The fourth-order valence-electron chi connectivity index (χ4n) is 2.22. The van der Waals surface area contributed by atoms with Gasteiger partial charge >= 0.3 is 0 Å². The van der Waals surface area contributed by atoms with E-state index in [0.29, 0.717) is 11.8 Å². The van der Waals surface area contributed by atoms with Crippen LogP contribution in [0.5, 0.6) is 0 Å². The molecule has 0 spiro atoms. The summed E-state index contributed by atoms with van der Waals surface area (Å²) in [5, 5.41) is 4.01. The number of nitrogens with two attached hydrogens (primary N) is 1. The van der Waals surface area contributed by atoms with Gasteiger partial charge in [-0.1, -0.05) is 17.7 Å². The van der Waals surface area contributed by atoms with Gasteiger partial charge in [-0.3, -0.25) is 0 Å². The van der Waals surface area contributed by atoms with E-state index in [1.807, 2.05) is 7.05 Å². The molecule has 0 amide bonds. The molecule has 2 unspecified atom stereocenters. The van der Waals surface area contributed by atoms with Gasteiger partial charge in [0, 0.05) is 5.02 Å². The Balaban J connectivity index is 2.10. The molecule has 88 valence electrons. The van der Waals surface area contributed by atoms with Crippen molar-refractivity contribution in [3.05, 3.63) is 34.3 Å². The normalized spacial score (nSPS) is 23.4. The molecule has 1 saturated carbocycles. The molecule has 16 heavy (non-hydrogen) atoms. The fraction of sp³-hybridized carbons (Fsp3) is 0.538. The van der Waals surface area contributed by atoms with Crippen molar-refractivity contribution in [3.63, 3.8) is 0 Å². The molecule has 0 heterocycles. The summed E-state index contributed by atoms with van der Waals surface area (Å²) in [6.45, 7) is 1.79. The Morgan fingerprint density at radius 2 is 2.25 bits per heavy atom. The van der Waals surface area contributed by atoms with Gasteiger partial charge in [-0.15, -0.1) is 0 Å². The minimum absolute atomic E-state index is 0.650. The molecule has 0 aromatic heterocycles. The van der Waals surface area contributed by atoms with Crippen LogP contribution < -0.4 is 11.1 Å². The monoisotopic (exact) mass is 238 g/mol. The maximum atomic E-state index is 6.14. The van der Waals surface area contributed by atoms with Crippen LogP contribution in [0.3, 0.4) is 0 Å². The van der Waals surface area contributed by atoms with Crippen LogP contribution in [-0.4, -0.2) is 20.1 Å². The number of likely N-dealkylation sites (N-methyl/N-ethyl adjacent to an activating group) is 1. The number of nitrogens with one attached hydrogen (secondary N) is 1. The van der Waals surface area contributed by atoms with E-state index in [4.69, 9.17) is 17.3 Å². The topological polar surface area (TPSA) is 38.0 Å².